The van der Waals surface area contributed by atoms with Crippen molar-refractivity contribution in [2.24, 2.45) is 0 Å². The third kappa shape index (κ3) is 4.20. The van der Waals surface area contributed by atoms with Crippen LogP contribution in [-0.2, 0) is 4.74 Å². The number of hydrogen-bond acceptors (Lipinski definition) is 5. The highest BCUT2D eigenvalue weighted by Crippen LogP contribution is 2.31. The summed E-state index contributed by atoms with van der Waals surface area (Å²) in [6.07, 6.45) is 1.36. The molecule has 0 fully saturated rings. The van der Waals surface area contributed by atoms with Crippen LogP contribution in [0.25, 0.3) is 28.0 Å². The van der Waals surface area contributed by atoms with Crippen molar-refractivity contribution in [3.8, 4) is 22.7 Å². The molecule has 4 rings (SSSR count). The molecule has 0 saturated heterocycles. The lowest BCUT2D eigenvalue weighted by atomic mass is 10.1. The third-order valence-electron chi connectivity index (χ3n) is 4.44. The number of fused-ring (bicyclic) bond motifs is 1. The van der Waals surface area contributed by atoms with Crippen LogP contribution in [0.1, 0.15) is 17.3 Å². The third-order valence-corrected chi connectivity index (χ3v) is 4.44. The zero-order valence-corrected chi connectivity index (χ0v) is 16.3. The molecule has 0 aliphatic carbocycles. The number of hydrogen-bond donors (Lipinski definition) is 0. The molecule has 0 radical (unpaired) electrons. The van der Waals surface area contributed by atoms with Crippen molar-refractivity contribution < 1.29 is 27.4 Å². The monoisotopic (exact) mass is 427 g/mol. The van der Waals surface area contributed by atoms with Gasteiger partial charge in [-0.3, -0.25) is 4.98 Å². The summed E-state index contributed by atoms with van der Waals surface area (Å²) < 4.78 is 49.7. The molecular formula is C22H16F3N3O3. The molecule has 0 unspecified atom stereocenters. The smallest absolute Gasteiger partial charge is 0.387 e. The molecule has 0 saturated carbocycles. The van der Waals surface area contributed by atoms with Crippen molar-refractivity contribution in [2.75, 3.05) is 6.61 Å². The van der Waals surface area contributed by atoms with Crippen molar-refractivity contribution in [1.82, 2.24) is 14.8 Å². The Morgan fingerprint density at radius 3 is 2.61 bits per heavy atom. The predicted octanol–water partition coefficient (Wildman–Crippen LogP) is 5.00. The predicted molar refractivity (Wildman–Crippen MR) is 107 cm³/mol. The van der Waals surface area contributed by atoms with Crippen molar-refractivity contribution in [3.63, 3.8) is 0 Å². The maximum atomic E-state index is 13.4. The van der Waals surface area contributed by atoms with Gasteiger partial charge in [-0.05, 0) is 49.4 Å². The van der Waals surface area contributed by atoms with Crippen LogP contribution in [0, 0.1) is 5.82 Å². The maximum absolute atomic E-state index is 13.4. The first-order chi connectivity index (χ1) is 15.0. The van der Waals surface area contributed by atoms with Gasteiger partial charge in [0.25, 0.3) is 0 Å². The Hall–Kier alpha value is -3.88. The van der Waals surface area contributed by atoms with Gasteiger partial charge in [0, 0.05) is 11.8 Å². The van der Waals surface area contributed by atoms with Crippen LogP contribution in [0.2, 0.25) is 0 Å². The second-order valence-electron chi connectivity index (χ2n) is 6.46. The van der Waals surface area contributed by atoms with Gasteiger partial charge in [0.2, 0.25) is 0 Å². The zero-order valence-electron chi connectivity index (χ0n) is 16.3. The van der Waals surface area contributed by atoms with E-state index in [9.17, 15) is 18.0 Å². The minimum Gasteiger partial charge on any atom is -0.462 e. The molecule has 0 N–H and O–H groups in total. The fourth-order valence-electron chi connectivity index (χ4n) is 3.12. The van der Waals surface area contributed by atoms with Crippen LogP contribution in [-0.4, -0.2) is 34.0 Å². The highest BCUT2D eigenvalue weighted by molar-refractivity contribution is 5.97. The fraction of sp³-hybridized carbons (Fsp3) is 0.136. The Kier molecular flexibility index (Phi) is 5.57. The number of nitrogens with zero attached hydrogens (tertiary/aromatic N) is 3. The van der Waals surface area contributed by atoms with Gasteiger partial charge in [0.1, 0.15) is 22.8 Å². The van der Waals surface area contributed by atoms with Gasteiger partial charge < -0.3 is 9.47 Å². The number of esters is 1. The Labute approximate surface area is 174 Å². The van der Waals surface area contributed by atoms with Gasteiger partial charge in [-0.1, -0.05) is 12.1 Å². The molecule has 0 amide bonds. The Balaban J connectivity index is 1.90. The molecule has 4 aromatic rings. The van der Waals surface area contributed by atoms with Gasteiger partial charge in [-0.15, -0.1) is 0 Å². The zero-order chi connectivity index (χ0) is 22.0. The molecule has 0 bridgehead atoms. The molecule has 0 aliphatic rings. The van der Waals surface area contributed by atoms with Crippen LogP contribution >= 0.6 is 0 Å². The topological polar surface area (TPSA) is 66.2 Å². The molecule has 9 heteroatoms. The van der Waals surface area contributed by atoms with E-state index in [1.54, 1.807) is 25.1 Å². The molecule has 0 atom stereocenters. The maximum Gasteiger partial charge on any atom is 0.387 e. The van der Waals surface area contributed by atoms with Crippen molar-refractivity contribution in [1.29, 1.82) is 0 Å². The summed E-state index contributed by atoms with van der Waals surface area (Å²) in [4.78, 5) is 16.5. The largest absolute Gasteiger partial charge is 0.462 e. The number of alkyl halides is 2. The number of ether oxygens (including phenoxy) is 2. The number of halogens is 3. The Morgan fingerprint density at radius 1 is 1.13 bits per heavy atom. The van der Waals surface area contributed by atoms with Crippen LogP contribution in [0.4, 0.5) is 13.2 Å². The number of carbonyl (C=O) groups is 1. The standard InChI is InChI=1S/C22H16F3N3O3/c1-2-30-21(29)14-11-18-20(26-12-14)19(13-4-3-5-17(10-13)31-22(24)25)27-28(18)16-8-6-15(23)7-9-16/h3-12,22H,2H2,1H3. The molecule has 0 spiro atoms. The summed E-state index contributed by atoms with van der Waals surface area (Å²) in [5.41, 5.74) is 2.51. The van der Waals surface area contributed by atoms with E-state index < -0.39 is 18.4 Å². The highest BCUT2D eigenvalue weighted by atomic mass is 19.3. The second kappa shape index (κ2) is 8.47. The van der Waals surface area contributed by atoms with E-state index in [4.69, 9.17) is 4.74 Å². The lowest BCUT2D eigenvalue weighted by molar-refractivity contribution is -0.0498. The molecule has 2 aromatic heterocycles. The summed E-state index contributed by atoms with van der Waals surface area (Å²) in [6.45, 7) is -1.07. The van der Waals surface area contributed by atoms with Crippen LogP contribution in [0.5, 0.6) is 5.75 Å². The summed E-state index contributed by atoms with van der Waals surface area (Å²) in [5, 5.41) is 4.56. The average molecular weight is 427 g/mol. The lowest BCUT2D eigenvalue weighted by Gasteiger charge is -2.05. The number of aromatic nitrogens is 3. The number of carbonyl (C=O) groups excluding carboxylic acids is 1. The van der Waals surface area contributed by atoms with Crippen LogP contribution < -0.4 is 4.74 Å². The number of pyridine rings is 1. The van der Waals surface area contributed by atoms with E-state index in [0.717, 1.165) is 0 Å². The van der Waals surface area contributed by atoms with Gasteiger partial charge in [-0.2, -0.15) is 13.9 Å². The minimum atomic E-state index is -2.96. The molecule has 2 aromatic carbocycles. The van der Waals surface area contributed by atoms with Gasteiger partial charge in [-0.25, -0.2) is 13.9 Å². The van der Waals surface area contributed by atoms with Crippen LogP contribution in [0.15, 0.2) is 60.8 Å². The summed E-state index contributed by atoms with van der Waals surface area (Å²) in [7, 11) is 0. The second-order valence-corrected chi connectivity index (χ2v) is 6.46. The number of rotatable bonds is 6. The Bertz CT molecular complexity index is 1240. The molecule has 6 nitrogen and oxygen atoms in total. The van der Waals surface area contributed by atoms with E-state index in [1.807, 2.05) is 0 Å². The lowest BCUT2D eigenvalue weighted by Crippen LogP contribution is -2.05. The summed E-state index contributed by atoms with van der Waals surface area (Å²) in [5.74, 6) is -0.986. The molecule has 2 heterocycles. The number of benzene rings is 2. The van der Waals surface area contributed by atoms with Crippen LogP contribution in [0.3, 0.4) is 0 Å². The first kappa shape index (κ1) is 20.4. The first-order valence-electron chi connectivity index (χ1n) is 9.33. The first-order valence-corrected chi connectivity index (χ1v) is 9.33. The average Bonchev–Trinajstić information content (AvgIpc) is 3.13. The minimum absolute atomic E-state index is 0.0277. The summed E-state index contributed by atoms with van der Waals surface area (Å²) >= 11 is 0. The molecule has 158 valence electrons. The molecular weight excluding hydrogens is 411 g/mol. The van der Waals surface area contributed by atoms with Crippen molar-refractivity contribution >= 4 is 17.0 Å². The van der Waals surface area contributed by atoms with E-state index in [0.29, 0.717) is 28.0 Å². The normalized spacial score (nSPS) is 11.1. The van der Waals surface area contributed by atoms with E-state index >= 15 is 0 Å². The van der Waals surface area contributed by atoms with E-state index in [1.165, 1.54) is 47.3 Å². The van der Waals surface area contributed by atoms with E-state index in [2.05, 4.69) is 14.8 Å². The van der Waals surface area contributed by atoms with Gasteiger partial charge in [0.15, 0.2) is 0 Å². The SMILES string of the molecule is CCOC(=O)c1cnc2c(-c3cccc(OC(F)F)c3)nn(-c3ccc(F)cc3)c2c1. The van der Waals surface area contributed by atoms with E-state index in [-0.39, 0.29) is 17.9 Å². The fourth-order valence-corrected chi connectivity index (χ4v) is 3.12. The van der Waals surface area contributed by atoms with Crippen molar-refractivity contribution in [3.05, 3.63) is 72.2 Å². The molecule has 31 heavy (non-hydrogen) atoms. The van der Waals surface area contributed by atoms with Gasteiger partial charge in [0.05, 0.1) is 23.4 Å². The highest BCUT2D eigenvalue weighted by Gasteiger charge is 2.19. The Morgan fingerprint density at radius 2 is 1.90 bits per heavy atom. The molecule has 0 aliphatic heterocycles. The summed E-state index contributed by atoms with van der Waals surface area (Å²) in [6, 6.07) is 13.2. The van der Waals surface area contributed by atoms with Gasteiger partial charge >= 0.3 is 12.6 Å². The van der Waals surface area contributed by atoms with Crippen molar-refractivity contribution in [2.45, 2.75) is 13.5 Å². The quantitative estimate of drug-likeness (QED) is 0.405.